The fraction of sp³-hybridized carbons (Fsp3) is 0.700. The molecule has 78 valence electrons. The first-order valence-electron chi connectivity index (χ1n) is 5.12. The average Bonchev–Trinajstić information content (AvgIpc) is 2.67. The third kappa shape index (κ3) is 1.82. The fourth-order valence-electron chi connectivity index (χ4n) is 2.00. The van der Waals surface area contributed by atoms with Crippen LogP contribution in [0.5, 0.6) is 0 Å². The van der Waals surface area contributed by atoms with Crippen molar-refractivity contribution >= 4 is 11.3 Å². The largest absolute Gasteiger partial charge is 0.384 e. The molecular weight excluding hydrogens is 196 g/mol. The van der Waals surface area contributed by atoms with Gasteiger partial charge in [0.05, 0.1) is 4.88 Å². The zero-order valence-electron chi connectivity index (χ0n) is 8.20. The highest BCUT2D eigenvalue weighted by Crippen LogP contribution is 2.39. The lowest BCUT2D eigenvalue weighted by Gasteiger charge is -2.30. The van der Waals surface area contributed by atoms with Gasteiger partial charge in [-0.1, -0.05) is 19.3 Å². The van der Waals surface area contributed by atoms with Crippen molar-refractivity contribution < 1.29 is 5.11 Å². The van der Waals surface area contributed by atoms with Crippen LogP contribution < -0.4 is 5.73 Å². The van der Waals surface area contributed by atoms with Gasteiger partial charge in [-0.3, -0.25) is 0 Å². The first-order chi connectivity index (χ1) is 6.74. The van der Waals surface area contributed by atoms with Gasteiger partial charge in [-0.25, -0.2) is 4.98 Å². The average molecular weight is 212 g/mol. The molecule has 2 rings (SSSR count). The van der Waals surface area contributed by atoms with Gasteiger partial charge in [0, 0.05) is 12.7 Å². The molecule has 1 aliphatic carbocycles. The number of aromatic nitrogens is 1. The summed E-state index contributed by atoms with van der Waals surface area (Å²) < 4.78 is 0. The molecule has 0 radical (unpaired) electrons. The fourth-order valence-corrected chi connectivity index (χ4v) is 2.94. The lowest BCUT2D eigenvalue weighted by molar-refractivity contribution is 0.00265. The van der Waals surface area contributed by atoms with Crippen molar-refractivity contribution in [3.63, 3.8) is 0 Å². The second kappa shape index (κ2) is 3.96. The molecule has 1 aliphatic rings. The highest BCUT2D eigenvalue weighted by molar-refractivity contribution is 7.11. The number of nitrogens with two attached hydrogens (primary N) is 1. The molecule has 0 aromatic carbocycles. The van der Waals surface area contributed by atoms with Crippen molar-refractivity contribution in [2.75, 3.05) is 0 Å². The quantitative estimate of drug-likeness (QED) is 0.785. The van der Waals surface area contributed by atoms with Gasteiger partial charge in [0.25, 0.3) is 0 Å². The minimum atomic E-state index is -0.608. The third-order valence-corrected chi connectivity index (χ3v) is 4.08. The molecular formula is C10H16N2OS. The summed E-state index contributed by atoms with van der Waals surface area (Å²) in [5.74, 6) is 0. The SMILES string of the molecule is NCc1ncc(C2(O)CCCCC2)s1. The number of hydrogen-bond acceptors (Lipinski definition) is 4. The van der Waals surface area contributed by atoms with Gasteiger partial charge in [0.15, 0.2) is 0 Å². The Morgan fingerprint density at radius 2 is 2.14 bits per heavy atom. The molecule has 1 aromatic rings. The van der Waals surface area contributed by atoms with Gasteiger partial charge in [0.1, 0.15) is 10.6 Å². The van der Waals surface area contributed by atoms with Crippen LogP contribution in [0.4, 0.5) is 0 Å². The molecule has 0 bridgehead atoms. The molecule has 0 aliphatic heterocycles. The standard InChI is InChI=1S/C10H16N2OS/c11-6-9-12-7-8(14-9)10(13)4-2-1-3-5-10/h7,13H,1-6,11H2. The van der Waals surface area contributed by atoms with E-state index >= 15 is 0 Å². The van der Waals surface area contributed by atoms with Gasteiger partial charge < -0.3 is 10.8 Å². The van der Waals surface area contributed by atoms with E-state index in [0.717, 1.165) is 35.6 Å². The van der Waals surface area contributed by atoms with E-state index in [9.17, 15) is 5.11 Å². The lowest BCUT2D eigenvalue weighted by Crippen LogP contribution is -2.27. The van der Waals surface area contributed by atoms with E-state index < -0.39 is 5.60 Å². The first-order valence-corrected chi connectivity index (χ1v) is 5.94. The predicted octanol–water partition coefficient (Wildman–Crippen LogP) is 1.75. The summed E-state index contributed by atoms with van der Waals surface area (Å²) in [6.45, 7) is 0.473. The van der Waals surface area contributed by atoms with Gasteiger partial charge in [-0.2, -0.15) is 0 Å². The van der Waals surface area contributed by atoms with Gasteiger partial charge >= 0.3 is 0 Å². The normalized spacial score (nSPS) is 21.0. The maximum absolute atomic E-state index is 10.4. The van der Waals surface area contributed by atoms with Crippen LogP contribution in [0, 0.1) is 0 Å². The Hall–Kier alpha value is -0.450. The number of rotatable bonds is 2. The predicted molar refractivity (Wildman–Crippen MR) is 57.0 cm³/mol. The van der Waals surface area contributed by atoms with E-state index in [1.165, 1.54) is 6.42 Å². The number of thiazole rings is 1. The Morgan fingerprint density at radius 1 is 1.43 bits per heavy atom. The Kier molecular flexibility index (Phi) is 2.85. The molecule has 3 nitrogen and oxygen atoms in total. The summed E-state index contributed by atoms with van der Waals surface area (Å²) in [4.78, 5) is 5.19. The minimum Gasteiger partial charge on any atom is -0.384 e. The van der Waals surface area contributed by atoms with Crippen molar-refractivity contribution in [3.05, 3.63) is 16.1 Å². The van der Waals surface area contributed by atoms with Gasteiger partial charge in [0.2, 0.25) is 0 Å². The van der Waals surface area contributed by atoms with Crippen molar-refractivity contribution in [2.45, 2.75) is 44.2 Å². The topological polar surface area (TPSA) is 59.1 Å². The van der Waals surface area contributed by atoms with Crippen LogP contribution in [-0.4, -0.2) is 10.1 Å². The molecule has 1 fully saturated rings. The van der Waals surface area contributed by atoms with Crippen molar-refractivity contribution in [3.8, 4) is 0 Å². The Morgan fingerprint density at radius 3 is 2.71 bits per heavy atom. The summed E-state index contributed by atoms with van der Waals surface area (Å²) >= 11 is 1.55. The number of hydrogen-bond donors (Lipinski definition) is 2. The summed E-state index contributed by atoms with van der Waals surface area (Å²) in [7, 11) is 0. The number of nitrogens with zero attached hydrogens (tertiary/aromatic N) is 1. The van der Waals surface area contributed by atoms with Crippen LogP contribution in [0.25, 0.3) is 0 Å². The Bertz CT molecular complexity index is 305. The second-order valence-corrected chi connectivity index (χ2v) is 5.03. The molecule has 0 unspecified atom stereocenters. The van der Waals surface area contributed by atoms with Crippen molar-refractivity contribution in [1.29, 1.82) is 0 Å². The molecule has 1 aromatic heterocycles. The van der Waals surface area contributed by atoms with Crippen LogP contribution in [0.1, 0.15) is 42.0 Å². The monoisotopic (exact) mass is 212 g/mol. The highest BCUT2D eigenvalue weighted by atomic mass is 32.1. The molecule has 0 amide bonds. The Labute approximate surface area is 88.0 Å². The molecule has 0 saturated heterocycles. The Balaban J connectivity index is 2.19. The zero-order chi connectivity index (χ0) is 10.0. The minimum absolute atomic E-state index is 0.473. The van der Waals surface area contributed by atoms with Gasteiger partial charge in [-0.15, -0.1) is 11.3 Å². The molecule has 1 heterocycles. The van der Waals surface area contributed by atoms with Crippen LogP contribution in [0.15, 0.2) is 6.20 Å². The highest BCUT2D eigenvalue weighted by Gasteiger charge is 2.32. The summed E-state index contributed by atoms with van der Waals surface area (Å²) in [6.07, 6.45) is 7.01. The first kappa shape index (κ1) is 10.1. The second-order valence-electron chi connectivity index (χ2n) is 3.91. The summed E-state index contributed by atoms with van der Waals surface area (Å²) in [5, 5.41) is 11.3. The summed E-state index contributed by atoms with van der Waals surface area (Å²) in [5.41, 5.74) is 4.89. The lowest BCUT2D eigenvalue weighted by atomic mass is 9.84. The molecule has 14 heavy (non-hydrogen) atoms. The zero-order valence-corrected chi connectivity index (χ0v) is 9.02. The van der Waals surface area contributed by atoms with E-state index in [-0.39, 0.29) is 0 Å². The summed E-state index contributed by atoms with van der Waals surface area (Å²) in [6, 6.07) is 0. The molecule has 0 atom stereocenters. The van der Waals surface area contributed by atoms with Crippen LogP contribution in [0.2, 0.25) is 0 Å². The van der Waals surface area contributed by atoms with Crippen molar-refractivity contribution in [1.82, 2.24) is 4.98 Å². The number of aliphatic hydroxyl groups is 1. The van der Waals surface area contributed by atoms with Crippen molar-refractivity contribution in [2.24, 2.45) is 5.73 Å². The maximum atomic E-state index is 10.4. The molecule has 0 spiro atoms. The smallest absolute Gasteiger partial charge is 0.106 e. The van der Waals surface area contributed by atoms with E-state index in [2.05, 4.69) is 4.98 Å². The van der Waals surface area contributed by atoms with E-state index in [1.54, 1.807) is 17.5 Å². The molecule has 3 N–H and O–H groups in total. The van der Waals surface area contributed by atoms with Gasteiger partial charge in [-0.05, 0) is 12.8 Å². The van der Waals surface area contributed by atoms with E-state index in [4.69, 9.17) is 5.73 Å². The maximum Gasteiger partial charge on any atom is 0.106 e. The van der Waals surface area contributed by atoms with Crippen LogP contribution >= 0.6 is 11.3 Å². The van der Waals surface area contributed by atoms with Crippen LogP contribution in [-0.2, 0) is 12.1 Å². The molecule has 1 saturated carbocycles. The van der Waals surface area contributed by atoms with E-state index in [1.807, 2.05) is 0 Å². The molecule has 4 heteroatoms. The third-order valence-electron chi connectivity index (χ3n) is 2.87. The van der Waals surface area contributed by atoms with E-state index in [0.29, 0.717) is 6.54 Å². The van der Waals surface area contributed by atoms with Crippen LogP contribution in [0.3, 0.4) is 0 Å².